The van der Waals surface area contributed by atoms with E-state index in [0.29, 0.717) is 12.0 Å². The summed E-state index contributed by atoms with van der Waals surface area (Å²) in [6.07, 6.45) is 2.15. The third kappa shape index (κ3) is 2.35. The minimum absolute atomic E-state index is 0.489. The Morgan fingerprint density at radius 3 is 2.36 bits per heavy atom. The van der Waals surface area contributed by atoms with E-state index in [0.717, 1.165) is 12.2 Å². The molecule has 1 heterocycles. The first kappa shape index (κ1) is 11.2. The van der Waals surface area contributed by atoms with Gasteiger partial charge in [-0.15, -0.1) is 0 Å². The van der Waals surface area contributed by atoms with Crippen LogP contribution < -0.4 is 5.32 Å². The highest BCUT2D eigenvalue weighted by Gasteiger charge is 2.12. The Morgan fingerprint density at radius 2 is 2.00 bits per heavy atom. The first-order chi connectivity index (χ1) is 6.56. The third-order valence-electron chi connectivity index (χ3n) is 2.24. The SMILES string of the molecule is CNCc1cn(C(C)C)c(C(C)C)n1. The molecule has 3 nitrogen and oxygen atoms in total. The van der Waals surface area contributed by atoms with Gasteiger partial charge >= 0.3 is 0 Å². The first-order valence-electron chi connectivity index (χ1n) is 5.28. The molecule has 0 saturated carbocycles. The Balaban J connectivity index is 3.00. The highest BCUT2D eigenvalue weighted by molar-refractivity contribution is 5.08. The van der Waals surface area contributed by atoms with Gasteiger partial charge in [-0.25, -0.2) is 4.98 Å². The number of aromatic nitrogens is 2. The molecule has 0 fully saturated rings. The van der Waals surface area contributed by atoms with Gasteiger partial charge < -0.3 is 9.88 Å². The maximum Gasteiger partial charge on any atom is 0.111 e. The lowest BCUT2D eigenvalue weighted by Gasteiger charge is -2.12. The second kappa shape index (κ2) is 4.60. The van der Waals surface area contributed by atoms with Gasteiger partial charge in [0.1, 0.15) is 5.82 Å². The predicted molar refractivity (Wildman–Crippen MR) is 59.5 cm³/mol. The number of nitrogens with one attached hydrogen (secondary N) is 1. The molecule has 80 valence electrons. The fraction of sp³-hybridized carbons (Fsp3) is 0.727. The number of imidazole rings is 1. The van der Waals surface area contributed by atoms with Crippen molar-refractivity contribution in [1.29, 1.82) is 0 Å². The van der Waals surface area contributed by atoms with E-state index >= 15 is 0 Å². The van der Waals surface area contributed by atoms with Gasteiger partial charge in [0, 0.05) is 24.7 Å². The number of hydrogen-bond acceptors (Lipinski definition) is 2. The van der Waals surface area contributed by atoms with Crippen LogP contribution in [0, 0.1) is 0 Å². The quantitative estimate of drug-likeness (QED) is 0.799. The maximum atomic E-state index is 4.62. The monoisotopic (exact) mass is 195 g/mol. The summed E-state index contributed by atoms with van der Waals surface area (Å²) >= 11 is 0. The zero-order valence-corrected chi connectivity index (χ0v) is 9.83. The molecule has 0 unspecified atom stereocenters. The van der Waals surface area contributed by atoms with E-state index in [1.807, 2.05) is 7.05 Å². The van der Waals surface area contributed by atoms with E-state index in [1.165, 1.54) is 5.82 Å². The summed E-state index contributed by atoms with van der Waals surface area (Å²) in [4.78, 5) is 4.62. The Hall–Kier alpha value is -0.830. The Bertz CT molecular complexity index is 261. The lowest BCUT2D eigenvalue weighted by atomic mass is 10.2. The van der Waals surface area contributed by atoms with Gasteiger partial charge in [-0.1, -0.05) is 13.8 Å². The molecule has 0 aromatic carbocycles. The molecule has 0 saturated heterocycles. The average Bonchev–Trinajstić information content (AvgIpc) is 2.49. The number of rotatable bonds is 4. The molecular formula is C11H21N3. The lowest BCUT2D eigenvalue weighted by molar-refractivity contribution is 0.550. The average molecular weight is 195 g/mol. The van der Waals surface area contributed by atoms with Crippen LogP contribution in [0.15, 0.2) is 6.20 Å². The van der Waals surface area contributed by atoms with Crippen molar-refractivity contribution in [2.24, 2.45) is 0 Å². The van der Waals surface area contributed by atoms with Crippen LogP contribution in [0.5, 0.6) is 0 Å². The number of hydrogen-bond donors (Lipinski definition) is 1. The standard InChI is InChI=1S/C11H21N3/c1-8(2)11-13-10(6-12-5)7-14(11)9(3)4/h7-9,12H,6H2,1-5H3. The van der Waals surface area contributed by atoms with E-state index in [4.69, 9.17) is 0 Å². The van der Waals surface area contributed by atoms with Gasteiger partial charge in [-0.2, -0.15) is 0 Å². The summed E-state index contributed by atoms with van der Waals surface area (Å²) in [5.41, 5.74) is 1.13. The minimum atomic E-state index is 0.489. The molecule has 0 bridgehead atoms. The Morgan fingerprint density at radius 1 is 1.36 bits per heavy atom. The highest BCUT2D eigenvalue weighted by atomic mass is 15.1. The van der Waals surface area contributed by atoms with Crippen LogP contribution in [-0.4, -0.2) is 16.6 Å². The Kier molecular flexibility index (Phi) is 3.69. The smallest absolute Gasteiger partial charge is 0.111 e. The van der Waals surface area contributed by atoms with Gasteiger partial charge in [0.05, 0.1) is 5.69 Å². The van der Waals surface area contributed by atoms with Gasteiger partial charge in [-0.3, -0.25) is 0 Å². The molecular weight excluding hydrogens is 174 g/mol. The van der Waals surface area contributed by atoms with Gasteiger partial charge in [0.2, 0.25) is 0 Å². The molecule has 3 heteroatoms. The van der Waals surface area contributed by atoms with Crippen molar-refractivity contribution in [3.8, 4) is 0 Å². The summed E-state index contributed by atoms with van der Waals surface area (Å²) in [6, 6.07) is 0.491. The fourth-order valence-electron chi connectivity index (χ4n) is 1.57. The summed E-state index contributed by atoms with van der Waals surface area (Å²) < 4.78 is 2.26. The second-order valence-electron chi connectivity index (χ2n) is 4.28. The topological polar surface area (TPSA) is 29.9 Å². The molecule has 0 spiro atoms. The third-order valence-corrected chi connectivity index (χ3v) is 2.24. The molecule has 1 aromatic heterocycles. The van der Waals surface area contributed by atoms with Crippen molar-refractivity contribution >= 4 is 0 Å². The normalized spacial score (nSPS) is 11.6. The molecule has 1 N–H and O–H groups in total. The van der Waals surface area contributed by atoms with Crippen LogP contribution >= 0.6 is 0 Å². The van der Waals surface area contributed by atoms with Crippen LogP contribution in [0.4, 0.5) is 0 Å². The van der Waals surface area contributed by atoms with Crippen molar-refractivity contribution in [3.05, 3.63) is 17.7 Å². The Labute approximate surface area is 86.5 Å². The molecule has 1 rings (SSSR count). The zero-order chi connectivity index (χ0) is 10.7. The summed E-state index contributed by atoms with van der Waals surface area (Å²) in [5, 5.41) is 3.13. The van der Waals surface area contributed by atoms with E-state index in [2.05, 4.69) is 48.8 Å². The van der Waals surface area contributed by atoms with Crippen molar-refractivity contribution in [1.82, 2.24) is 14.9 Å². The van der Waals surface area contributed by atoms with Crippen molar-refractivity contribution in [2.45, 2.75) is 46.2 Å². The van der Waals surface area contributed by atoms with E-state index < -0.39 is 0 Å². The van der Waals surface area contributed by atoms with Crippen LogP contribution in [0.3, 0.4) is 0 Å². The molecule has 0 aliphatic heterocycles. The molecule has 0 aliphatic carbocycles. The van der Waals surface area contributed by atoms with E-state index in [9.17, 15) is 0 Å². The molecule has 0 radical (unpaired) electrons. The molecule has 14 heavy (non-hydrogen) atoms. The van der Waals surface area contributed by atoms with Crippen LogP contribution in [0.2, 0.25) is 0 Å². The molecule has 0 amide bonds. The number of nitrogens with zero attached hydrogens (tertiary/aromatic N) is 2. The van der Waals surface area contributed by atoms with Crippen LogP contribution in [-0.2, 0) is 6.54 Å². The van der Waals surface area contributed by atoms with Crippen molar-refractivity contribution in [3.63, 3.8) is 0 Å². The minimum Gasteiger partial charge on any atom is -0.332 e. The molecule has 1 aromatic rings. The van der Waals surface area contributed by atoms with Gasteiger partial charge in [0.25, 0.3) is 0 Å². The van der Waals surface area contributed by atoms with E-state index in [1.54, 1.807) is 0 Å². The molecule has 0 atom stereocenters. The largest absolute Gasteiger partial charge is 0.332 e. The fourth-order valence-corrected chi connectivity index (χ4v) is 1.57. The van der Waals surface area contributed by atoms with Gasteiger partial charge in [-0.05, 0) is 20.9 Å². The summed E-state index contributed by atoms with van der Waals surface area (Å²) in [5.74, 6) is 1.67. The second-order valence-corrected chi connectivity index (χ2v) is 4.28. The summed E-state index contributed by atoms with van der Waals surface area (Å²) in [6.45, 7) is 9.60. The van der Waals surface area contributed by atoms with Crippen molar-refractivity contribution < 1.29 is 0 Å². The van der Waals surface area contributed by atoms with Gasteiger partial charge in [0.15, 0.2) is 0 Å². The van der Waals surface area contributed by atoms with E-state index in [-0.39, 0.29) is 0 Å². The highest BCUT2D eigenvalue weighted by Crippen LogP contribution is 2.18. The van der Waals surface area contributed by atoms with Crippen molar-refractivity contribution in [2.75, 3.05) is 7.05 Å². The zero-order valence-electron chi connectivity index (χ0n) is 9.83. The van der Waals surface area contributed by atoms with Crippen LogP contribution in [0.1, 0.15) is 51.2 Å². The summed E-state index contributed by atoms with van der Waals surface area (Å²) in [7, 11) is 1.95. The molecule has 0 aliphatic rings. The lowest BCUT2D eigenvalue weighted by Crippen LogP contribution is -2.06. The maximum absolute atomic E-state index is 4.62. The van der Waals surface area contributed by atoms with Crippen LogP contribution in [0.25, 0.3) is 0 Å². The predicted octanol–water partition coefficient (Wildman–Crippen LogP) is 2.31. The first-order valence-corrected chi connectivity index (χ1v) is 5.28.